The number of amides is 3. The molecule has 0 saturated carbocycles. The number of primary amides is 1. The van der Waals surface area contributed by atoms with Gasteiger partial charge in [0, 0.05) is 6.20 Å². The summed E-state index contributed by atoms with van der Waals surface area (Å²) in [5.41, 5.74) is 5.48. The average Bonchev–Trinajstić information content (AvgIpc) is 2.35. The van der Waals surface area contributed by atoms with E-state index in [9.17, 15) is 14.4 Å². The van der Waals surface area contributed by atoms with E-state index in [1.54, 1.807) is 20.8 Å². The van der Waals surface area contributed by atoms with E-state index in [1.807, 2.05) is 5.32 Å². The van der Waals surface area contributed by atoms with E-state index in [0.29, 0.717) is 5.69 Å². The molecule has 1 aromatic heterocycles. The summed E-state index contributed by atoms with van der Waals surface area (Å²) < 4.78 is 5.04. The van der Waals surface area contributed by atoms with Gasteiger partial charge in [0.15, 0.2) is 11.8 Å². The van der Waals surface area contributed by atoms with Gasteiger partial charge in [-0.2, -0.15) is 0 Å². The molecule has 0 radical (unpaired) electrons. The highest BCUT2D eigenvalue weighted by Gasteiger charge is 2.28. The van der Waals surface area contributed by atoms with Crippen molar-refractivity contribution < 1.29 is 19.1 Å². The lowest BCUT2D eigenvalue weighted by Crippen LogP contribution is -2.45. The van der Waals surface area contributed by atoms with Crippen LogP contribution in [0.25, 0.3) is 0 Å². The molecule has 20 heavy (non-hydrogen) atoms. The number of esters is 1. The van der Waals surface area contributed by atoms with Crippen molar-refractivity contribution in [1.82, 2.24) is 15.3 Å². The van der Waals surface area contributed by atoms with E-state index >= 15 is 0 Å². The summed E-state index contributed by atoms with van der Waals surface area (Å²) in [6, 6.07) is -1.01. The fourth-order valence-electron chi connectivity index (χ4n) is 1.36. The highest BCUT2D eigenvalue weighted by Crippen LogP contribution is 2.10. The normalized spacial score (nSPS) is 11.8. The van der Waals surface area contributed by atoms with Crippen molar-refractivity contribution in [2.45, 2.75) is 26.9 Å². The van der Waals surface area contributed by atoms with Gasteiger partial charge in [-0.15, -0.1) is 0 Å². The largest absolute Gasteiger partial charge is 0.447 e. The van der Waals surface area contributed by atoms with Crippen molar-refractivity contribution in [3.8, 4) is 0 Å². The zero-order valence-electron chi connectivity index (χ0n) is 11.4. The second-order valence-corrected chi connectivity index (χ2v) is 4.47. The SMILES string of the molecule is Cc1cnc(C(=O)O[C@H](C(=O)NC(N)=O)C(C)C)cn1. The van der Waals surface area contributed by atoms with Gasteiger partial charge in [0.05, 0.1) is 11.9 Å². The number of aryl methyl sites for hydroxylation is 1. The quantitative estimate of drug-likeness (QED) is 0.757. The first kappa shape index (κ1) is 15.5. The number of urea groups is 1. The first-order valence-electron chi connectivity index (χ1n) is 5.91. The lowest BCUT2D eigenvalue weighted by Gasteiger charge is -2.19. The average molecular weight is 280 g/mol. The molecule has 1 atom stereocenters. The third-order valence-electron chi connectivity index (χ3n) is 2.33. The van der Waals surface area contributed by atoms with E-state index in [4.69, 9.17) is 10.5 Å². The highest BCUT2D eigenvalue weighted by atomic mass is 16.5. The first-order chi connectivity index (χ1) is 9.31. The van der Waals surface area contributed by atoms with E-state index < -0.39 is 24.0 Å². The number of imide groups is 1. The molecular weight excluding hydrogens is 264 g/mol. The zero-order chi connectivity index (χ0) is 15.3. The van der Waals surface area contributed by atoms with Gasteiger partial charge in [-0.3, -0.25) is 15.1 Å². The molecule has 0 unspecified atom stereocenters. The molecule has 0 aromatic carbocycles. The number of rotatable bonds is 4. The van der Waals surface area contributed by atoms with Crippen LogP contribution in [0.2, 0.25) is 0 Å². The number of carbonyl (C=O) groups excluding carboxylic acids is 3. The van der Waals surface area contributed by atoms with Crippen molar-refractivity contribution >= 4 is 17.9 Å². The number of nitrogens with one attached hydrogen (secondary N) is 1. The molecule has 0 spiro atoms. The highest BCUT2D eigenvalue weighted by molar-refractivity contribution is 5.97. The van der Waals surface area contributed by atoms with Gasteiger partial charge >= 0.3 is 12.0 Å². The maximum absolute atomic E-state index is 11.8. The lowest BCUT2D eigenvalue weighted by atomic mass is 10.1. The summed E-state index contributed by atoms with van der Waals surface area (Å²) in [4.78, 5) is 41.9. The van der Waals surface area contributed by atoms with Gasteiger partial charge in [-0.05, 0) is 12.8 Å². The third kappa shape index (κ3) is 4.30. The monoisotopic (exact) mass is 280 g/mol. The second-order valence-electron chi connectivity index (χ2n) is 4.47. The van der Waals surface area contributed by atoms with Crippen LogP contribution in [0.3, 0.4) is 0 Å². The van der Waals surface area contributed by atoms with Gasteiger partial charge in [0.25, 0.3) is 5.91 Å². The predicted octanol–water partition coefficient (Wildman–Crippen LogP) is 0.161. The number of aromatic nitrogens is 2. The molecule has 0 saturated heterocycles. The molecule has 3 N–H and O–H groups in total. The molecule has 0 bridgehead atoms. The van der Waals surface area contributed by atoms with Crippen molar-refractivity contribution in [1.29, 1.82) is 0 Å². The van der Waals surface area contributed by atoms with Crippen molar-refractivity contribution in [2.75, 3.05) is 0 Å². The van der Waals surface area contributed by atoms with Crippen LogP contribution >= 0.6 is 0 Å². The standard InChI is InChI=1S/C12H16N4O4/c1-6(2)9(10(17)16-12(13)19)20-11(18)8-5-14-7(3)4-15-8/h4-6,9H,1-3H3,(H3,13,16,17,19)/t9-/m0/s1. The smallest absolute Gasteiger partial charge is 0.359 e. The summed E-state index contributed by atoms with van der Waals surface area (Å²) in [6.07, 6.45) is 1.52. The zero-order valence-corrected chi connectivity index (χ0v) is 11.4. The molecule has 0 aliphatic heterocycles. The van der Waals surface area contributed by atoms with Crippen LogP contribution in [-0.2, 0) is 9.53 Å². The van der Waals surface area contributed by atoms with Crippen LogP contribution in [0.1, 0.15) is 30.0 Å². The molecule has 0 fully saturated rings. The molecule has 8 heteroatoms. The molecule has 8 nitrogen and oxygen atoms in total. The molecular formula is C12H16N4O4. The Morgan fingerprint density at radius 1 is 1.25 bits per heavy atom. The van der Waals surface area contributed by atoms with Crippen molar-refractivity contribution in [3.05, 3.63) is 23.8 Å². The van der Waals surface area contributed by atoms with Crippen LogP contribution < -0.4 is 11.1 Å². The lowest BCUT2D eigenvalue weighted by molar-refractivity contribution is -0.130. The fourth-order valence-corrected chi connectivity index (χ4v) is 1.36. The maximum atomic E-state index is 11.8. The summed E-state index contributed by atoms with van der Waals surface area (Å²) in [6.45, 7) is 5.05. The Morgan fingerprint density at radius 2 is 1.90 bits per heavy atom. The third-order valence-corrected chi connectivity index (χ3v) is 2.33. The number of nitrogens with zero attached hydrogens (tertiary/aromatic N) is 2. The minimum atomic E-state index is -1.14. The molecule has 1 heterocycles. The minimum absolute atomic E-state index is 0.0203. The van der Waals surface area contributed by atoms with E-state index in [2.05, 4.69) is 9.97 Å². The molecule has 1 rings (SSSR count). The number of ether oxygens (including phenoxy) is 1. The number of carbonyl (C=O) groups is 3. The Hall–Kier alpha value is -2.51. The Kier molecular flexibility index (Phi) is 5.13. The van der Waals surface area contributed by atoms with E-state index in [1.165, 1.54) is 12.4 Å². The molecule has 1 aromatic rings. The topological polar surface area (TPSA) is 124 Å². The molecule has 0 aliphatic rings. The van der Waals surface area contributed by atoms with Gasteiger partial charge in [0.2, 0.25) is 0 Å². The molecule has 108 valence electrons. The van der Waals surface area contributed by atoms with E-state index in [-0.39, 0.29) is 11.6 Å². The van der Waals surface area contributed by atoms with Gasteiger partial charge in [0.1, 0.15) is 0 Å². The fraction of sp³-hybridized carbons (Fsp3) is 0.417. The maximum Gasteiger partial charge on any atom is 0.359 e. The summed E-state index contributed by atoms with van der Waals surface area (Å²) >= 11 is 0. The number of hydrogen-bond acceptors (Lipinski definition) is 6. The van der Waals surface area contributed by atoms with Crippen LogP contribution in [0.5, 0.6) is 0 Å². The minimum Gasteiger partial charge on any atom is -0.447 e. The number of hydrogen-bond donors (Lipinski definition) is 2. The summed E-state index contributed by atoms with van der Waals surface area (Å²) in [7, 11) is 0. The second kappa shape index (κ2) is 6.60. The number of nitrogens with two attached hydrogens (primary N) is 1. The van der Waals surface area contributed by atoms with Gasteiger partial charge in [-0.1, -0.05) is 13.8 Å². The van der Waals surface area contributed by atoms with Crippen molar-refractivity contribution in [2.24, 2.45) is 11.7 Å². The molecule has 0 aliphatic carbocycles. The van der Waals surface area contributed by atoms with Crippen LogP contribution in [0.4, 0.5) is 4.79 Å². The van der Waals surface area contributed by atoms with Crippen molar-refractivity contribution in [3.63, 3.8) is 0 Å². The van der Waals surface area contributed by atoms with Crippen LogP contribution in [-0.4, -0.2) is 34.0 Å². The molecule has 3 amide bonds. The van der Waals surface area contributed by atoms with Crippen LogP contribution in [0.15, 0.2) is 12.4 Å². The Bertz CT molecular complexity index is 513. The van der Waals surface area contributed by atoms with Crippen LogP contribution in [0, 0.1) is 12.8 Å². The van der Waals surface area contributed by atoms with Gasteiger partial charge < -0.3 is 10.5 Å². The predicted molar refractivity (Wildman–Crippen MR) is 68.5 cm³/mol. The van der Waals surface area contributed by atoms with E-state index in [0.717, 1.165) is 0 Å². The first-order valence-corrected chi connectivity index (χ1v) is 5.91. The Morgan fingerprint density at radius 3 is 2.35 bits per heavy atom. The summed E-state index contributed by atoms with van der Waals surface area (Å²) in [5, 5.41) is 1.88. The van der Waals surface area contributed by atoms with Gasteiger partial charge in [-0.25, -0.2) is 14.6 Å². The Balaban J connectivity index is 2.80. The summed E-state index contributed by atoms with van der Waals surface area (Å²) in [5.74, 6) is -1.91. The Labute approximate surface area is 115 Å².